The van der Waals surface area contributed by atoms with Crippen molar-refractivity contribution in [2.45, 2.75) is 242 Å². The lowest BCUT2D eigenvalue weighted by Gasteiger charge is -2.41. The van der Waals surface area contributed by atoms with Gasteiger partial charge in [-0.1, -0.05) is 109 Å². The highest BCUT2D eigenvalue weighted by molar-refractivity contribution is 7.85. The molecule has 2 aliphatic heterocycles. The number of hydrogen-bond acceptors (Lipinski definition) is 14. The van der Waals surface area contributed by atoms with E-state index in [1.54, 1.807) is 67.5 Å². The second-order valence-corrected chi connectivity index (χ2v) is 29.9. The van der Waals surface area contributed by atoms with Gasteiger partial charge < -0.3 is 65.2 Å². The van der Waals surface area contributed by atoms with Gasteiger partial charge in [-0.25, -0.2) is 0 Å². The highest BCUT2D eigenvalue weighted by Gasteiger charge is 2.49. The number of carbonyl (C=O) groups excluding carboxylic acids is 11. The minimum atomic E-state index is -1.74. The molecule has 2 heterocycles. The van der Waals surface area contributed by atoms with Crippen molar-refractivity contribution in [1.82, 2.24) is 60.0 Å². The van der Waals surface area contributed by atoms with E-state index in [9.17, 15) is 33.3 Å². The van der Waals surface area contributed by atoms with Crippen LogP contribution in [-0.4, -0.2) is 277 Å². The molecule has 538 valence electrons. The lowest BCUT2D eigenvalue weighted by molar-refractivity contribution is -0.157. The van der Waals surface area contributed by atoms with Crippen molar-refractivity contribution in [3.05, 3.63) is 12.2 Å². The Bertz CT molecular complexity index is 2650. The van der Waals surface area contributed by atoms with Crippen LogP contribution in [0.2, 0.25) is 0 Å². The predicted molar refractivity (Wildman–Crippen MR) is 366 cm³/mol. The van der Waals surface area contributed by atoms with Crippen molar-refractivity contribution >= 4 is 75.8 Å². The quantitative estimate of drug-likeness (QED) is 0.127. The number of nitrogens with zero attached hydrogens (tertiary/aromatic N) is 9. The molecule has 2 fully saturated rings. The van der Waals surface area contributed by atoms with Gasteiger partial charge >= 0.3 is 0 Å². The molecule has 2 unspecified atom stereocenters. The summed E-state index contributed by atoms with van der Waals surface area (Å²) in [6.07, 6.45) is 2.71. The first kappa shape index (κ1) is 84.1. The molecule has 0 aromatic carbocycles. The van der Waals surface area contributed by atoms with Gasteiger partial charge in [-0.2, -0.15) is 0 Å². The van der Waals surface area contributed by atoms with Gasteiger partial charge in [0.05, 0.1) is 11.9 Å². The molecule has 0 aromatic rings. The maximum absolute atomic E-state index is 15.4. The number of likely N-dealkylation sites (N-methyl/N-ethyl adjacent to an activating group) is 7. The number of aliphatic hydroxyl groups excluding tert-OH is 1. The lowest BCUT2D eigenvalue weighted by Crippen LogP contribution is -2.64. The lowest BCUT2D eigenvalue weighted by atomic mass is 9.91. The highest BCUT2D eigenvalue weighted by atomic mass is 32.2. The summed E-state index contributed by atoms with van der Waals surface area (Å²) in [7, 11) is 8.15. The van der Waals surface area contributed by atoms with Gasteiger partial charge in [-0.15, -0.1) is 0 Å². The minimum Gasteiger partial charge on any atom is -0.390 e. The molecule has 25 nitrogen and oxygen atoms in total. The van der Waals surface area contributed by atoms with Gasteiger partial charge in [-0.05, 0) is 115 Å². The number of hydrogen-bond donors (Lipinski definition) is 4. The van der Waals surface area contributed by atoms with E-state index < -0.39 is 172 Å². The van der Waals surface area contributed by atoms with Crippen LogP contribution in [0, 0.1) is 35.5 Å². The van der Waals surface area contributed by atoms with Crippen LogP contribution in [0.15, 0.2) is 12.2 Å². The standard InChI is InChI=1S/C68H122N12O13S/c1-26-30-31-44(15)57(81)56-60(84)70-48(27-2)62(86)76(23)53(38-94(93)33-32-79(28-3)29-4)65(89)72(19)49(34-39(5)6)59(83)71-54(42(11)12)67(91)75(22)52-37-45(16)80(66(52)90)47(18)58(82)69-46(17)61(85)73(20)50(35-40(7)8)63(87)74(21)51(36-41(9)10)64(88)77(24)55(43(13)14)68(92)78(56)25/h26,30,39-57,81H,27-29,31-38H2,1-25H3,(H,69,82)(H,70,84)(H,71,83)/t44-,45?,46+,47-,48-,49+,50-,51-,52-,53-,54-,55-,56-,57-,94?/m1/s1. The average molecular weight is 1350 g/mol. The summed E-state index contributed by atoms with van der Waals surface area (Å²) < 4.78 is 14.3. The fourth-order valence-corrected chi connectivity index (χ4v) is 14.0. The number of fused-ring (bicyclic) bond motifs is 2. The summed E-state index contributed by atoms with van der Waals surface area (Å²) in [4.78, 5) is 176. The fraction of sp³-hybridized carbons (Fsp3) is 0.809. The molecule has 26 heteroatoms. The first-order valence-corrected chi connectivity index (χ1v) is 35.6. The molecule has 0 saturated carbocycles. The molecule has 2 bridgehead atoms. The van der Waals surface area contributed by atoms with Gasteiger partial charge in [0.1, 0.15) is 66.5 Å². The summed E-state index contributed by atoms with van der Waals surface area (Å²) in [5.41, 5.74) is 0. The smallest absolute Gasteiger partial charge is 0.246 e. The molecule has 0 aromatic heterocycles. The maximum atomic E-state index is 15.4. The summed E-state index contributed by atoms with van der Waals surface area (Å²) in [6, 6.07) is -14.7. The van der Waals surface area contributed by atoms with Crippen LogP contribution in [0.4, 0.5) is 0 Å². The molecular formula is C68H122N12O13S. The molecule has 15 atom stereocenters. The molecule has 0 spiro atoms. The molecule has 4 N–H and O–H groups in total. The zero-order chi connectivity index (χ0) is 72.4. The third kappa shape index (κ3) is 21.7. The van der Waals surface area contributed by atoms with Crippen LogP contribution in [0.25, 0.3) is 0 Å². The molecule has 0 radical (unpaired) electrons. The van der Waals surface area contributed by atoms with Gasteiger partial charge in [0.25, 0.3) is 0 Å². The molecule has 94 heavy (non-hydrogen) atoms. The van der Waals surface area contributed by atoms with E-state index in [1.165, 1.54) is 92.6 Å². The van der Waals surface area contributed by atoms with E-state index >= 15 is 28.8 Å². The topological polar surface area (TPSA) is 290 Å². The fourth-order valence-electron chi connectivity index (χ4n) is 12.7. The Morgan fingerprint density at radius 2 is 1.00 bits per heavy atom. The predicted octanol–water partition coefficient (Wildman–Crippen LogP) is 3.19. The number of nitrogens with one attached hydrogen (secondary N) is 3. The molecule has 2 rings (SSSR count). The molecular weight excluding hydrogens is 1220 g/mol. The largest absolute Gasteiger partial charge is 0.390 e. The average Bonchev–Trinajstić information content (AvgIpc) is 1.45. The second kappa shape index (κ2) is 38.1. The Balaban J connectivity index is 3.13. The van der Waals surface area contributed by atoms with Gasteiger partial charge in [0.2, 0.25) is 65.0 Å². The van der Waals surface area contributed by atoms with Crippen molar-refractivity contribution in [2.24, 2.45) is 35.5 Å². The van der Waals surface area contributed by atoms with Crippen LogP contribution in [0.1, 0.15) is 163 Å². The molecule has 2 saturated heterocycles. The Hall–Kier alpha value is -6.02. The van der Waals surface area contributed by atoms with Crippen molar-refractivity contribution < 1.29 is 62.1 Å². The van der Waals surface area contributed by atoms with Gasteiger partial charge in [-0.3, -0.25) is 56.9 Å². The monoisotopic (exact) mass is 1350 g/mol. The third-order valence-corrected chi connectivity index (χ3v) is 20.2. The first-order chi connectivity index (χ1) is 43.6. The van der Waals surface area contributed by atoms with Crippen LogP contribution < -0.4 is 16.0 Å². The third-order valence-electron chi connectivity index (χ3n) is 18.9. The number of allylic oxidation sites excluding steroid dienone is 2. The summed E-state index contributed by atoms with van der Waals surface area (Å²) in [5, 5.41) is 20.7. The normalized spacial score (nSPS) is 28.0. The van der Waals surface area contributed by atoms with E-state index in [0.29, 0.717) is 19.6 Å². The number of rotatable bonds is 20. The van der Waals surface area contributed by atoms with Crippen molar-refractivity contribution in [1.29, 1.82) is 0 Å². The van der Waals surface area contributed by atoms with Gasteiger partial charge in [0.15, 0.2) is 0 Å². The first-order valence-electron chi connectivity index (χ1n) is 34.1. The Labute approximate surface area is 565 Å². The van der Waals surface area contributed by atoms with Crippen LogP contribution in [-0.2, 0) is 63.5 Å². The van der Waals surface area contributed by atoms with E-state index in [1.807, 2.05) is 55.4 Å². The molecule has 11 amide bonds. The van der Waals surface area contributed by atoms with Gasteiger partial charge in [0, 0.05) is 78.5 Å². The van der Waals surface area contributed by atoms with E-state index in [2.05, 4.69) is 20.9 Å². The van der Waals surface area contributed by atoms with E-state index in [-0.39, 0.29) is 67.8 Å². The van der Waals surface area contributed by atoms with E-state index in [0.717, 1.165) is 9.80 Å². The SMILES string of the molecule is CC=CC[C@@H](C)[C@@H](O)[C@@H]1C(=O)N[C@H](CC)C(=O)N(C)[C@H](CS(=O)CCN(CC)CC)C(=O)N(C)[C@@H](CC(C)C)C(=O)N[C@H](C(C)C)C(=O)N(C)[C@@H]2CC(C)N(C2=O)[C@H](C)C(=O)N[C@@H](C)C(=O)N(C)[C@H](CC(C)C)C(=O)N(C)[C@H](CC(C)C)C(=O)N(C)[C@H](C(C)C)C(=O)N1C. The number of aliphatic hydroxyl groups is 1. The van der Waals surface area contributed by atoms with E-state index in [4.69, 9.17) is 0 Å². The van der Waals surface area contributed by atoms with Crippen molar-refractivity contribution in [3.63, 3.8) is 0 Å². The Kier molecular flexibility index (Phi) is 34.0. The van der Waals surface area contributed by atoms with Crippen LogP contribution >= 0.6 is 0 Å². The number of carbonyl (C=O) groups is 11. The van der Waals surface area contributed by atoms with Crippen LogP contribution in [0.3, 0.4) is 0 Å². The summed E-state index contributed by atoms with van der Waals surface area (Å²) in [6.45, 7) is 33.6. The minimum absolute atomic E-state index is 0.0590. The number of amides is 11. The Morgan fingerprint density at radius 1 is 0.532 bits per heavy atom. The Morgan fingerprint density at radius 3 is 1.48 bits per heavy atom. The summed E-state index contributed by atoms with van der Waals surface area (Å²) in [5.74, 6) is -10.2. The van der Waals surface area contributed by atoms with Crippen LogP contribution in [0.5, 0.6) is 0 Å². The second-order valence-electron chi connectivity index (χ2n) is 28.3. The zero-order valence-corrected chi connectivity index (χ0v) is 62.5. The maximum Gasteiger partial charge on any atom is 0.246 e. The highest BCUT2D eigenvalue weighted by Crippen LogP contribution is 2.29. The molecule has 2 aliphatic rings. The van der Waals surface area contributed by atoms with Crippen molar-refractivity contribution in [3.8, 4) is 0 Å². The summed E-state index contributed by atoms with van der Waals surface area (Å²) >= 11 is 0. The van der Waals surface area contributed by atoms with Crippen molar-refractivity contribution in [2.75, 3.05) is 80.5 Å². The zero-order valence-electron chi connectivity index (χ0n) is 61.7. The molecule has 0 aliphatic carbocycles.